The molecule has 6 heteroatoms. The number of hydrogen-bond acceptors (Lipinski definition) is 4. The van der Waals surface area contributed by atoms with E-state index in [0.717, 1.165) is 12.8 Å². The number of aromatic nitrogens is 1. The van der Waals surface area contributed by atoms with Crippen molar-refractivity contribution in [2.24, 2.45) is 0 Å². The number of pyridine rings is 1. The van der Waals surface area contributed by atoms with Crippen LogP contribution in [0.2, 0.25) is 0 Å². The first kappa shape index (κ1) is 17.9. The number of ketones is 1. The van der Waals surface area contributed by atoms with Crippen molar-refractivity contribution in [1.29, 1.82) is 0 Å². The highest BCUT2D eigenvalue weighted by atomic mass is 79.9. The quantitative estimate of drug-likeness (QED) is 0.746. The Balaban J connectivity index is 2.08. The number of nitrogens with zero attached hydrogens (tertiary/aromatic N) is 2. The zero-order chi connectivity index (χ0) is 17.0. The minimum absolute atomic E-state index is 0.0150. The lowest BCUT2D eigenvalue weighted by Crippen LogP contribution is -2.50. The molecule has 23 heavy (non-hydrogen) atoms. The molecular formula is C17H23BrN2O3. The normalized spacial score (nSPS) is 18.6. The summed E-state index contributed by atoms with van der Waals surface area (Å²) in [6.45, 7) is 6.06. The minimum Gasteiger partial charge on any atom is -0.444 e. The summed E-state index contributed by atoms with van der Waals surface area (Å²) in [6, 6.07) is 5.08. The van der Waals surface area contributed by atoms with Crippen LogP contribution in [0.5, 0.6) is 0 Å². The van der Waals surface area contributed by atoms with Gasteiger partial charge in [0.1, 0.15) is 10.2 Å². The fourth-order valence-corrected chi connectivity index (χ4v) is 3.03. The number of carbonyl (C=O) groups excluding carboxylic acids is 2. The van der Waals surface area contributed by atoms with Crippen molar-refractivity contribution in [3.8, 4) is 0 Å². The Labute approximate surface area is 145 Å². The molecule has 0 spiro atoms. The number of Topliss-reactive ketones (excluding diaryl/α,β-unsaturated/α-hetero) is 1. The number of amides is 1. The standard InChI is InChI=1S/C17H23BrN2O3/c1-17(2,3)23-16(22)20-10-5-4-8-13(20)14(21)11-12-7-6-9-15(18)19-12/h6-7,9,13H,4-5,8,10-11H2,1-3H3. The van der Waals surface area contributed by atoms with Crippen LogP contribution in [0.3, 0.4) is 0 Å². The van der Waals surface area contributed by atoms with Gasteiger partial charge >= 0.3 is 6.09 Å². The summed E-state index contributed by atoms with van der Waals surface area (Å²) in [7, 11) is 0. The molecule has 1 atom stereocenters. The van der Waals surface area contributed by atoms with Gasteiger partial charge in [0.2, 0.25) is 0 Å². The van der Waals surface area contributed by atoms with Crippen LogP contribution >= 0.6 is 15.9 Å². The summed E-state index contributed by atoms with van der Waals surface area (Å²) >= 11 is 3.31. The van der Waals surface area contributed by atoms with E-state index < -0.39 is 17.7 Å². The Bertz CT molecular complexity index is 583. The van der Waals surface area contributed by atoms with Crippen LogP contribution in [0.15, 0.2) is 22.8 Å². The molecule has 1 unspecified atom stereocenters. The molecule has 1 aromatic rings. The van der Waals surface area contributed by atoms with Gasteiger partial charge in [-0.3, -0.25) is 9.69 Å². The number of halogens is 1. The maximum absolute atomic E-state index is 12.7. The molecule has 0 aromatic carbocycles. The van der Waals surface area contributed by atoms with Crippen molar-refractivity contribution in [2.75, 3.05) is 6.54 Å². The highest BCUT2D eigenvalue weighted by Gasteiger charge is 2.34. The van der Waals surface area contributed by atoms with Gasteiger partial charge in [0.15, 0.2) is 5.78 Å². The van der Waals surface area contributed by atoms with E-state index in [1.807, 2.05) is 39.0 Å². The summed E-state index contributed by atoms with van der Waals surface area (Å²) in [5, 5.41) is 0. The van der Waals surface area contributed by atoms with Crippen LogP contribution < -0.4 is 0 Å². The third kappa shape index (κ3) is 5.30. The molecule has 0 saturated carbocycles. The third-order valence-electron chi connectivity index (χ3n) is 3.63. The summed E-state index contributed by atoms with van der Waals surface area (Å²) < 4.78 is 6.14. The van der Waals surface area contributed by atoms with Crippen LogP contribution in [0.1, 0.15) is 45.7 Å². The van der Waals surface area contributed by atoms with Gasteiger partial charge in [0.25, 0.3) is 0 Å². The second-order valence-electron chi connectivity index (χ2n) is 6.78. The van der Waals surface area contributed by atoms with E-state index in [-0.39, 0.29) is 12.2 Å². The average Bonchev–Trinajstić information content (AvgIpc) is 2.45. The number of ether oxygens (including phenoxy) is 1. The van der Waals surface area contributed by atoms with Crippen LogP contribution in [0.4, 0.5) is 4.79 Å². The molecule has 1 aromatic heterocycles. The Kier molecular flexibility index (Phi) is 5.79. The van der Waals surface area contributed by atoms with Crippen molar-refractivity contribution in [3.05, 3.63) is 28.5 Å². The van der Waals surface area contributed by atoms with Gasteiger partial charge in [0.05, 0.1) is 12.5 Å². The first-order valence-electron chi connectivity index (χ1n) is 7.90. The van der Waals surface area contributed by atoms with Crippen molar-refractivity contribution in [3.63, 3.8) is 0 Å². The smallest absolute Gasteiger partial charge is 0.410 e. The molecule has 1 aliphatic heterocycles. The highest BCUT2D eigenvalue weighted by molar-refractivity contribution is 9.10. The largest absolute Gasteiger partial charge is 0.444 e. The third-order valence-corrected chi connectivity index (χ3v) is 4.07. The number of rotatable bonds is 3. The predicted molar refractivity (Wildman–Crippen MR) is 91.2 cm³/mol. The second-order valence-corrected chi connectivity index (χ2v) is 7.59. The van der Waals surface area contributed by atoms with Gasteiger partial charge < -0.3 is 4.74 Å². The molecule has 1 saturated heterocycles. The molecule has 1 amide bonds. The van der Waals surface area contributed by atoms with Crippen LogP contribution in [0.25, 0.3) is 0 Å². The van der Waals surface area contributed by atoms with E-state index in [0.29, 0.717) is 23.3 Å². The van der Waals surface area contributed by atoms with Gasteiger partial charge in [-0.05, 0) is 68.1 Å². The van der Waals surface area contributed by atoms with Gasteiger partial charge in [0, 0.05) is 12.2 Å². The van der Waals surface area contributed by atoms with Crippen molar-refractivity contribution >= 4 is 27.8 Å². The monoisotopic (exact) mass is 382 g/mol. The molecule has 5 nitrogen and oxygen atoms in total. The fourth-order valence-electron chi connectivity index (χ4n) is 2.65. The lowest BCUT2D eigenvalue weighted by Gasteiger charge is -2.35. The van der Waals surface area contributed by atoms with Crippen LogP contribution in [-0.2, 0) is 16.0 Å². The number of carbonyl (C=O) groups is 2. The van der Waals surface area contributed by atoms with Gasteiger partial charge in [-0.2, -0.15) is 0 Å². The molecule has 2 heterocycles. The topological polar surface area (TPSA) is 59.5 Å². The highest BCUT2D eigenvalue weighted by Crippen LogP contribution is 2.22. The molecule has 0 aliphatic carbocycles. The summed E-state index contributed by atoms with van der Waals surface area (Å²) in [6.07, 6.45) is 2.35. The number of piperidine rings is 1. The first-order valence-corrected chi connectivity index (χ1v) is 8.69. The maximum atomic E-state index is 12.7. The SMILES string of the molecule is CC(C)(C)OC(=O)N1CCCCC1C(=O)Cc1cccc(Br)n1. The van der Waals surface area contributed by atoms with E-state index in [9.17, 15) is 9.59 Å². The number of hydrogen-bond donors (Lipinski definition) is 0. The molecule has 1 aliphatic rings. The molecule has 126 valence electrons. The predicted octanol–water partition coefficient (Wildman–Crippen LogP) is 3.75. The van der Waals surface area contributed by atoms with Crippen LogP contribution in [-0.4, -0.2) is 39.9 Å². The van der Waals surface area contributed by atoms with Crippen LogP contribution in [0, 0.1) is 0 Å². The van der Waals surface area contributed by atoms with E-state index >= 15 is 0 Å². The zero-order valence-electron chi connectivity index (χ0n) is 13.8. The Morgan fingerprint density at radius 3 is 2.74 bits per heavy atom. The first-order chi connectivity index (χ1) is 10.8. The van der Waals surface area contributed by atoms with Gasteiger partial charge in [-0.15, -0.1) is 0 Å². The van der Waals surface area contributed by atoms with Gasteiger partial charge in [-0.25, -0.2) is 9.78 Å². The summed E-state index contributed by atoms with van der Waals surface area (Å²) in [5.74, 6) is 0.0150. The summed E-state index contributed by atoms with van der Waals surface area (Å²) in [4.78, 5) is 30.9. The maximum Gasteiger partial charge on any atom is 0.410 e. The Morgan fingerprint density at radius 2 is 2.09 bits per heavy atom. The van der Waals surface area contributed by atoms with E-state index in [4.69, 9.17) is 4.74 Å². The number of likely N-dealkylation sites (tertiary alicyclic amines) is 1. The minimum atomic E-state index is -0.562. The second kappa shape index (κ2) is 7.43. The Hall–Kier alpha value is -1.43. The van der Waals surface area contributed by atoms with E-state index in [2.05, 4.69) is 20.9 Å². The fraction of sp³-hybridized carbons (Fsp3) is 0.588. The molecular weight excluding hydrogens is 360 g/mol. The van der Waals surface area contributed by atoms with Crippen molar-refractivity contribution in [1.82, 2.24) is 9.88 Å². The zero-order valence-corrected chi connectivity index (χ0v) is 15.4. The lowest BCUT2D eigenvalue weighted by atomic mass is 9.96. The molecule has 0 bridgehead atoms. The van der Waals surface area contributed by atoms with E-state index in [1.165, 1.54) is 0 Å². The van der Waals surface area contributed by atoms with Gasteiger partial charge in [-0.1, -0.05) is 6.07 Å². The summed E-state index contributed by atoms with van der Waals surface area (Å²) in [5.41, 5.74) is 0.146. The van der Waals surface area contributed by atoms with Crippen molar-refractivity contribution in [2.45, 2.75) is 58.1 Å². The molecule has 0 N–H and O–H groups in total. The molecule has 2 rings (SSSR count). The molecule has 1 fully saturated rings. The van der Waals surface area contributed by atoms with E-state index in [1.54, 1.807) is 4.90 Å². The average molecular weight is 383 g/mol. The van der Waals surface area contributed by atoms with Crippen molar-refractivity contribution < 1.29 is 14.3 Å². The molecule has 0 radical (unpaired) electrons. The Morgan fingerprint density at radius 1 is 1.35 bits per heavy atom. The lowest BCUT2D eigenvalue weighted by molar-refractivity contribution is -0.124.